The molecule has 0 radical (unpaired) electrons. The van der Waals surface area contributed by atoms with Crippen molar-refractivity contribution in [2.75, 3.05) is 0 Å². The lowest BCUT2D eigenvalue weighted by Crippen LogP contribution is -2.08. The number of esters is 2. The van der Waals surface area contributed by atoms with Crippen molar-refractivity contribution in [1.29, 1.82) is 0 Å². The van der Waals surface area contributed by atoms with Gasteiger partial charge in [-0.2, -0.15) is 0 Å². The van der Waals surface area contributed by atoms with Gasteiger partial charge in [0.2, 0.25) is 0 Å². The van der Waals surface area contributed by atoms with Gasteiger partial charge in [0.1, 0.15) is 6.29 Å². The molecule has 0 N–H and O–H groups in total. The maximum absolute atomic E-state index is 10.9. The van der Waals surface area contributed by atoms with Crippen molar-refractivity contribution >= 4 is 18.2 Å². The van der Waals surface area contributed by atoms with Gasteiger partial charge < -0.3 is 9.47 Å². The highest BCUT2D eigenvalue weighted by Gasteiger charge is 2.13. The Balaban J connectivity index is 3.24. The van der Waals surface area contributed by atoms with Crippen molar-refractivity contribution in [3.8, 4) is 11.5 Å². The molecule has 0 unspecified atom stereocenters. The summed E-state index contributed by atoms with van der Waals surface area (Å²) in [6, 6.07) is 2.84. The average molecular weight is 236 g/mol. The quantitative estimate of drug-likeness (QED) is 0.453. The molecule has 0 heterocycles. The van der Waals surface area contributed by atoms with Gasteiger partial charge in [0.05, 0.1) is 0 Å². The first-order chi connectivity index (χ1) is 7.93. The van der Waals surface area contributed by atoms with E-state index in [1.54, 1.807) is 6.92 Å². The van der Waals surface area contributed by atoms with Crippen molar-refractivity contribution in [1.82, 2.24) is 0 Å². The molecule has 0 atom stereocenters. The topological polar surface area (TPSA) is 69.7 Å². The number of aldehydes is 1. The number of hydrogen-bond acceptors (Lipinski definition) is 5. The zero-order valence-electron chi connectivity index (χ0n) is 9.77. The van der Waals surface area contributed by atoms with Gasteiger partial charge in [-0.25, -0.2) is 0 Å². The van der Waals surface area contributed by atoms with E-state index in [1.807, 2.05) is 0 Å². The summed E-state index contributed by atoms with van der Waals surface area (Å²) in [7, 11) is 0. The Morgan fingerprint density at radius 2 is 1.53 bits per heavy atom. The number of hydrogen-bond donors (Lipinski definition) is 0. The van der Waals surface area contributed by atoms with E-state index in [2.05, 4.69) is 0 Å². The minimum atomic E-state index is -0.556. The Labute approximate surface area is 98.3 Å². The first kappa shape index (κ1) is 12.9. The summed E-state index contributed by atoms with van der Waals surface area (Å²) >= 11 is 0. The number of carbonyl (C=O) groups excluding carboxylic acids is 3. The van der Waals surface area contributed by atoms with Crippen LogP contribution in [0.2, 0.25) is 0 Å². The van der Waals surface area contributed by atoms with Gasteiger partial charge in [-0.05, 0) is 24.6 Å². The molecule has 1 aromatic carbocycles. The molecular formula is C12H12O5. The second-order valence-electron chi connectivity index (χ2n) is 3.46. The van der Waals surface area contributed by atoms with Crippen LogP contribution in [0.3, 0.4) is 0 Å². The van der Waals surface area contributed by atoms with Crippen LogP contribution in [0.15, 0.2) is 12.1 Å². The molecule has 0 amide bonds. The minimum absolute atomic E-state index is 0.0559. The zero-order valence-corrected chi connectivity index (χ0v) is 9.77. The third-order valence-corrected chi connectivity index (χ3v) is 1.97. The Morgan fingerprint density at radius 1 is 1.06 bits per heavy atom. The maximum atomic E-state index is 10.9. The van der Waals surface area contributed by atoms with Crippen molar-refractivity contribution in [2.45, 2.75) is 20.8 Å². The van der Waals surface area contributed by atoms with Gasteiger partial charge in [0.25, 0.3) is 0 Å². The molecule has 0 saturated heterocycles. The molecule has 90 valence electrons. The van der Waals surface area contributed by atoms with Crippen molar-refractivity contribution in [2.24, 2.45) is 0 Å². The van der Waals surface area contributed by atoms with E-state index in [0.29, 0.717) is 17.4 Å². The second kappa shape index (κ2) is 5.25. The summed E-state index contributed by atoms with van der Waals surface area (Å²) in [5.41, 5.74) is 1.00. The molecule has 0 aliphatic heterocycles. The highest BCUT2D eigenvalue weighted by atomic mass is 16.6. The van der Waals surface area contributed by atoms with E-state index in [9.17, 15) is 14.4 Å². The van der Waals surface area contributed by atoms with Crippen LogP contribution in [0.4, 0.5) is 0 Å². The monoisotopic (exact) mass is 236 g/mol. The summed E-state index contributed by atoms with van der Waals surface area (Å²) < 4.78 is 9.76. The fourth-order valence-electron chi connectivity index (χ4n) is 1.27. The number of ether oxygens (including phenoxy) is 2. The number of aryl methyl sites for hydroxylation is 1. The highest BCUT2D eigenvalue weighted by molar-refractivity contribution is 5.81. The average Bonchev–Trinajstić information content (AvgIpc) is 2.20. The summed E-state index contributed by atoms with van der Waals surface area (Å²) in [5, 5.41) is 0. The Morgan fingerprint density at radius 3 is 1.94 bits per heavy atom. The Bertz CT molecular complexity index is 476. The third kappa shape index (κ3) is 3.41. The molecular weight excluding hydrogens is 224 g/mol. The maximum Gasteiger partial charge on any atom is 0.308 e. The van der Waals surface area contributed by atoms with Gasteiger partial charge in [-0.3, -0.25) is 14.4 Å². The Kier molecular flexibility index (Phi) is 3.98. The molecule has 0 aliphatic carbocycles. The van der Waals surface area contributed by atoms with Gasteiger partial charge in [-0.1, -0.05) is 0 Å². The fraction of sp³-hybridized carbons (Fsp3) is 0.250. The SMILES string of the molecule is CC(=O)Oc1cc(C)c(C=O)cc1OC(C)=O. The molecule has 0 saturated carbocycles. The van der Waals surface area contributed by atoms with Crippen molar-refractivity contribution in [3.05, 3.63) is 23.3 Å². The number of carbonyl (C=O) groups is 3. The molecule has 1 aromatic rings. The van der Waals surface area contributed by atoms with Crippen LogP contribution < -0.4 is 9.47 Å². The van der Waals surface area contributed by atoms with Crippen LogP contribution in [0.5, 0.6) is 11.5 Å². The standard InChI is InChI=1S/C12H12O5/c1-7-4-11(16-8(2)14)12(17-9(3)15)5-10(7)6-13/h4-6H,1-3H3. The predicted octanol–water partition coefficient (Wildman–Crippen LogP) is 1.66. The Hall–Kier alpha value is -2.17. The lowest BCUT2D eigenvalue weighted by molar-refractivity contribution is -0.134. The van der Waals surface area contributed by atoms with E-state index >= 15 is 0 Å². The molecule has 5 nitrogen and oxygen atoms in total. The van der Waals surface area contributed by atoms with Crippen LogP contribution in [0, 0.1) is 6.92 Å². The normalized spacial score (nSPS) is 9.59. The molecule has 0 fully saturated rings. The van der Waals surface area contributed by atoms with E-state index < -0.39 is 11.9 Å². The van der Waals surface area contributed by atoms with E-state index in [-0.39, 0.29) is 11.5 Å². The minimum Gasteiger partial charge on any atom is -0.423 e. The number of benzene rings is 1. The zero-order chi connectivity index (χ0) is 13.0. The van der Waals surface area contributed by atoms with Crippen LogP contribution in [-0.2, 0) is 9.59 Å². The molecule has 17 heavy (non-hydrogen) atoms. The summed E-state index contributed by atoms with van der Waals surface area (Å²) in [6.07, 6.45) is 0.639. The molecule has 1 rings (SSSR count). The van der Waals surface area contributed by atoms with Crippen molar-refractivity contribution < 1.29 is 23.9 Å². The number of rotatable bonds is 3. The lowest BCUT2D eigenvalue weighted by atomic mass is 10.1. The fourth-order valence-corrected chi connectivity index (χ4v) is 1.27. The van der Waals surface area contributed by atoms with Gasteiger partial charge >= 0.3 is 11.9 Å². The second-order valence-corrected chi connectivity index (χ2v) is 3.46. The molecule has 5 heteroatoms. The van der Waals surface area contributed by atoms with Crippen LogP contribution in [-0.4, -0.2) is 18.2 Å². The smallest absolute Gasteiger partial charge is 0.308 e. The predicted molar refractivity (Wildman–Crippen MR) is 59.2 cm³/mol. The summed E-state index contributed by atoms with van der Waals surface area (Å²) in [5.74, 6) is -0.910. The third-order valence-electron chi connectivity index (χ3n) is 1.97. The first-order valence-electron chi connectivity index (χ1n) is 4.90. The lowest BCUT2D eigenvalue weighted by Gasteiger charge is -2.10. The first-order valence-corrected chi connectivity index (χ1v) is 4.90. The van der Waals surface area contributed by atoms with E-state index in [4.69, 9.17) is 9.47 Å². The summed E-state index contributed by atoms with van der Waals surface area (Å²) in [6.45, 7) is 4.15. The van der Waals surface area contributed by atoms with Gasteiger partial charge in [-0.15, -0.1) is 0 Å². The molecule has 0 aromatic heterocycles. The van der Waals surface area contributed by atoms with Gasteiger partial charge in [0, 0.05) is 19.4 Å². The highest BCUT2D eigenvalue weighted by Crippen LogP contribution is 2.30. The van der Waals surface area contributed by atoms with Crippen LogP contribution >= 0.6 is 0 Å². The van der Waals surface area contributed by atoms with Crippen LogP contribution in [0.1, 0.15) is 29.8 Å². The van der Waals surface area contributed by atoms with Crippen LogP contribution in [0.25, 0.3) is 0 Å². The molecule has 0 spiro atoms. The molecule has 0 bridgehead atoms. The van der Waals surface area contributed by atoms with E-state index in [0.717, 1.165) is 0 Å². The summed E-state index contributed by atoms with van der Waals surface area (Å²) in [4.78, 5) is 32.5. The van der Waals surface area contributed by atoms with Crippen molar-refractivity contribution in [3.63, 3.8) is 0 Å². The van der Waals surface area contributed by atoms with Gasteiger partial charge in [0.15, 0.2) is 11.5 Å². The van der Waals surface area contributed by atoms with E-state index in [1.165, 1.54) is 26.0 Å². The largest absolute Gasteiger partial charge is 0.423 e. The molecule has 0 aliphatic rings.